The molecule has 0 amide bonds. The molecular formula is C15H15BrN2OS. The number of aromatic amines is 1. The number of nitrogens with zero attached hydrogens (tertiary/aromatic N) is 1. The Kier molecular flexibility index (Phi) is 4.01. The van der Waals surface area contributed by atoms with E-state index in [9.17, 15) is 0 Å². The smallest absolute Gasteiger partial charge is 0.144 e. The van der Waals surface area contributed by atoms with Gasteiger partial charge in [-0.25, -0.2) is 4.98 Å². The lowest BCUT2D eigenvalue weighted by atomic mass is 10.1. The quantitative estimate of drug-likeness (QED) is 0.852. The second-order valence-electron chi connectivity index (χ2n) is 5.03. The SMILES string of the molecule is COCc1[nH]c(C2Cc3ccccc3C2)nc(=S)c1Br. The Hall–Kier alpha value is -1.04. The molecule has 1 heterocycles. The summed E-state index contributed by atoms with van der Waals surface area (Å²) < 4.78 is 6.63. The Balaban J connectivity index is 1.95. The van der Waals surface area contributed by atoms with Crippen LogP contribution in [-0.4, -0.2) is 17.1 Å². The number of ether oxygens (including phenoxy) is 1. The van der Waals surface area contributed by atoms with Crippen LogP contribution in [0.1, 0.15) is 28.6 Å². The van der Waals surface area contributed by atoms with E-state index >= 15 is 0 Å². The molecule has 0 saturated heterocycles. The molecule has 0 atom stereocenters. The predicted molar refractivity (Wildman–Crippen MR) is 84.4 cm³/mol. The van der Waals surface area contributed by atoms with Crippen molar-refractivity contribution < 1.29 is 4.74 Å². The van der Waals surface area contributed by atoms with Gasteiger partial charge in [-0.3, -0.25) is 0 Å². The summed E-state index contributed by atoms with van der Waals surface area (Å²) in [4.78, 5) is 7.92. The maximum Gasteiger partial charge on any atom is 0.144 e. The largest absolute Gasteiger partial charge is 0.378 e. The third-order valence-electron chi connectivity index (χ3n) is 3.68. The average Bonchev–Trinajstić information content (AvgIpc) is 2.87. The predicted octanol–water partition coefficient (Wildman–Crippen LogP) is 3.93. The number of aromatic nitrogens is 2. The summed E-state index contributed by atoms with van der Waals surface area (Å²) in [7, 11) is 1.68. The highest BCUT2D eigenvalue weighted by Crippen LogP contribution is 2.33. The van der Waals surface area contributed by atoms with Crippen LogP contribution in [0.4, 0.5) is 0 Å². The molecule has 1 aliphatic rings. The van der Waals surface area contributed by atoms with Gasteiger partial charge in [-0.05, 0) is 39.9 Å². The Labute approximate surface area is 131 Å². The molecule has 1 N–H and O–H groups in total. The van der Waals surface area contributed by atoms with Gasteiger partial charge in [0.25, 0.3) is 0 Å². The van der Waals surface area contributed by atoms with Crippen LogP contribution >= 0.6 is 28.1 Å². The molecule has 1 aromatic carbocycles. The minimum absolute atomic E-state index is 0.373. The number of methoxy groups -OCH3 is 1. The fourth-order valence-electron chi connectivity index (χ4n) is 2.71. The maximum atomic E-state index is 5.33. The number of halogens is 1. The van der Waals surface area contributed by atoms with Gasteiger partial charge in [-0.2, -0.15) is 0 Å². The topological polar surface area (TPSA) is 37.9 Å². The first-order valence-corrected chi connectivity index (χ1v) is 7.73. The molecule has 5 heteroatoms. The maximum absolute atomic E-state index is 5.33. The lowest BCUT2D eigenvalue weighted by Crippen LogP contribution is -2.08. The second-order valence-corrected chi connectivity index (χ2v) is 6.21. The number of H-pyrrole nitrogens is 1. The molecule has 104 valence electrons. The summed E-state index contributed by atoms with van der Waals surface area (Å²) in [5.41, 5.74) is 3.78. The van der Waals surface area contributed by atoms with Crippen molar-refractivity contribution in [2.75, 3.05) is 7.11 Å². The van der Waals surface area contributed by atoms with E-state index in [1.807, 2.05) is 0 Å². The minimum atomic E-state index is 0.373. The van der Waals surface area contributed by atoms with Gasteiger partial charge in [-0.15, -0.1) is 0 Å². The van der Waals surface area contributed by atoms with Crippen molar-refractivity contribution in [2.24, 2.45) is 0 Å². The average molecular weight is 351 g/mol. The van der Waals surface area contributed by atoms with Gasteiger partial charge in [0.1, 0.15) is 10.5 Å². The highest BCUT2D eigenvalue weighted by molar-refractivity contribution is 9.10. The molecule has 0 spiro atoms. The summed E-state index contributed by atoms with van der Waals surface area (Å²) in [6, 6.07) is 8.57. The zero-order valence-corrected chi connectivity index (χ0v) is 13.6. The van der Waals surface area contributed by atoms with E-state index in [4.69, 9.17) is 17.0 Å². The molecule has 1 aliphatic carbocycles. The van der Waals surface area contributed by atoms with Crippen LogP contribution in [0.5, 0.6) is 0 Å². The summed E-state index contributed by atoms with van der Waals surface area (Å²) in [6.45, 7) is 0.499. The summed E-state index contributed by atoms with van der Waals surface area (Å²) >= 11 is 8.81. The normalized spacial score (nSPS) is 14.5. The second kappa shape index (κ2) is 5.76. The molecule has 0 bridgehead atoms. The summed E-state index contributed by atoms with van der Waals surface area (Å²) in [6.07, 6.45) is 2.03. The number of benzene rings is 1. The van der Waals surface area contributed by atoms with Crippen LogP contribution in [0.2, 0.25) is 0 Å². The Bertz CT molecular complexity index is 674. The monoisotopic (exact) mass is 350 g/mol. The third-order valence-corrected chi connectivity index (χ3v) is 5.09. The van der Waals surface area contributed by atoms with Crippen LogP contribution < -0.4 is 0 Å². The van der Waals surface area contributed by atoms with Gasteiger partial charge in [0.2, 0.25) is 0 Å². The van der Waals surface area contributed by atoms with E-state index in [1.165, 1.54) is 11.1 Å². The lowest BCUT2D eigenvalue weighted by Gasteiger charge is -2.12. The standard InChI is InChI=1S/C15H15BrN2OS/c1-19-8-12-13(16)15(20)18-14(17-12)11-6-9-4-2-3-5-10(9)7-11/h2-5,11H,6-8H2,1H3,(H,17,18,20). The van der Waals surface area contributed by atoms with Crippen molar-refractivity contribution in [1.29, 1.82) is 0 Å². The van der Waals surface area contributed by atoms with E-state index in [2.05, 4.69) is 50.2 Å². The van der Waals surface area contributed by atoms with E-state index in [-0.39, 0.29) is 0 Å². The van der Waals surface area contributed by atoms with E-state index in [1.54, 1.807) is 7.11 Å². The minimum Gasteiger partial charge on any atom is -0.378 e. The van der Waals surface area contributed by atoms with E-state index < -0.39 is 0 Å². The molecule has 0 aliphatic heterocycles. The first-order chi connectivity index (χ1) is 9.69. The van der Waals surface area contributed by atoms with Crippen LogP contribution in [-0.2, 0) is 24.2 Å². The van der Waals surface area contributed by atoms with Gasteiger partial charge in [-0.1, -0.05) is 36.5 Å². The molecule has 20 heavy (non-hydrogen) atoms. The molecule has 0 radical (unpaired) electrons. The zero-order chi connectivity index (χ0) is 14.1. The molecular weight excluding hydrogens is 336 g/mol. The first kappa shape index (κ1) is 13.9. The van der Waals surface area contributed by atoms with Crippen LogP contribution in [0.15, 0.2) is 28.7 Å². The third kappa shape index (κ3) is 2.57. The fraction of sp³-hybridized carbons (Fsp3) is 0.333. The molecule has 3 nitrogen and oxygen atoms in total. The number of hydrogen-bond donors (Lipinski definition) is 1. The molecule has 2 aromatic rings. The van der Waals surface area contributed by atoms with Gasteiger partial charge in [0, 0.05) is 13.0 Å². The van der Waals surface area contributed by atoms with Gasteiger partial charge >= 0.3 is 0 Å². The van der Waals surface area contributed by atoms with Crippen LogP contribution in [0.3, 0.4) is 0 Å². The number of fused-ring (bicyclic) bond motifs is 1. The first-order valence-electron chi connectivity index (χ1n) is 6.53. The zero-order valence-electron chi connectivity index (χ0n) is 11.1. The van der Waals surface area contributed by atoms with E-state index in [0.717, 1.165) is 28.8 Å². The number of nitrogens with one attached hydrogen (secondary N) is 1. The molecule has 1 aromatic heterocycles. The summed E-state index contributed by atoms with van der Waals surface area (Å²) in [5, 5.41) is 0. The lowest BCUT2D eigenvalue weighted by molar-refractivity contribution is 0.180. The Morgan fingerprint density at radius 2 is 2.00 bits per heavy atom. The highest BCUT2D eigenvalue weighted by atomic mass is 79.9. The van der Waals surface area contributed by atoms with Crippen molar-refractivity contribution in [3.8, 4) is 0 Å². The molecule has 0 saturated carbocycles. The molecule has 3 rings (SSSR count). The van der Waals surface area contributed by atoms with Gasteiger partial charge < -0.3 is 9.72 Å². The fourth-order valence-corrected chi connectivity index (χ4v) is 3.24. The summed E-state index contributed by atoms with van der Waals surface area (Å²) in [5.74, 6) is 1.33. The highest BCUT2D eigenvalue weighted by Gasteiger charge is 2.24. The molecule has 0 unspecified atom stereocenters. The van der Waals surface area contributed by atoms with Crippen molar-refractivity contribution in [2.45, 2.75) is 25.4 Å². The van der Waals surface area contributed by atoms with Gasteiger partial charge in [0.15, 0.2) is 0 Å². The van der Waals surface area contributed by atoms with Crippen molar-refractivity contribution in [3.63, 3.8) is 0 Å². The van der Waals surface area contributed by atoms with E-state index in [0.29, 0.717) is 17.2 Å². The van der Waals surface area contributed by atoms with Gasteiger partial charge in [0.05, 0.1) is 16.8 Å². The molecule has 0 fully saturated rings. The number of rotatable bonds is 3. The Morgan fingerprint density at radius 3 is 2.60 bits per heavy atom. The van der Waals surface area contributed by atoms with Crippen LogP contribution in [0.25, 0.3) is 0 Å². The Morgan fingerprint density at radius 1 is 1.35 bits per heavy atom. The van der Waals surface area contributed by atoms with Crippen molar-refractivity contribution in [1.82, 2.24) is 9.97 Å². The van der Waals surface area contributed by atoms with Crippen molar-refractivity contribution >= 4 is 28.1 Å². The number of hydrogen-bond acceptors (Lipinski definition) is 3. The van der Waals surface area contributed by atoms with Crippen LogP contribution in [0, 0.1) is 4.64 Å². The van der Waals surface area contributed by atoms with Crippen molar-refractivity contribution in [3.05, 3.63) is 56.0 Å².